The molecular formula is C27H21BF18OPS. The standard InChI is InChI=1S/C27H21F18OPS.B/c1-15(46)48-14-47(18-6-2-16(3-7-18)10-12-20(28,29)22(32,33)24(36,37)26(40,41)42)19-8-4-17(5-9-19)11-13-21(30,31)23(34,35)25(38,39)27(43,44)45;/h2-9H,10-14H2,1H3;. The normalized spacial score (nSPS) is 14.2. The quantitative estimate of drug-likeness (QED) is 0.108. The fraction of sp³-hybridized carbons (Fsp3) is 0.519. The summed E-state index contributed by atoms with van der Waals surface area (Å²) in [6.07, 6.45) is -20.3. The number of carbonyl (C=O) groups is 1. The third kappa shape index (κ3) is 9.33. The zero-order valence-electron chi connectivity index (χ0n) is 24.3. The van der Waals surface area contributed by atoms with E-state index in [4.69, 9.17) is 0 Å². The first-order valence-corrected chi connectivity index (χ1v) is 15.4. The van der Waals surface area contributed by atoms with Gasteiger partial charge in [-0.2, -0.15) is 79.0 Å². The average molecular weight is 777 g/mol. The molecule has 0 aliphatic rings. The number of aryl methyl sites for hydroxylation is 2. The number of hydrogen-bond donors (Lipinski definition) is 0. The Morgan fingerprint density at radius 2 is 0.816 bits per heavy atom. The summed E-state index contributed by atoms with van der Waals surface area (Å²) < 4.78 is 236. The monoisotopic (exact) mass is 777 g/mol. The molecule has 0 bridgehead atoms. The Hall–Kier alpha value is -2.31. The lowest BCUT2D eigenvalue weighted by Crippen LogP contribution is -2.60. The van der Waals surface area contributed by atoms with E-state index in [2.05, 4.69) is 0 Å². The minimum Gasteiger partial charge on any atom is -0.288 e. The second-order valence-corrected chi connectivity index (χ2v) is 14.0. The minimum absolute atomic E-state index is 0. The molecule has 49 heavy (non-hydrogen) atoms. The molecule has 0 saturated heterocycles. The highest BCUT2D eigenvalue weighted by Crippen LogP contribution is 2.55. The lowest BCUT2D eigenvalue weighted by Gasteiger charge is -2.33. The Morgan fingerprint density at radius 3 is 1.06 bits per heavy atom. The lowest BCUT2D eigenvalue weighted by molar-refractivity contribution is -0.396. The molecule has 0 atom stereocenters. The van der Waals surface area contributed by atoms with E-state index >= 15 is 0 Å². The summed E-state index contributed by atoms with van der Waals surface area (Å²) in [7, 11) is -1.61. The molecule has 0 unspecified atom stereocenters. The van der Waals surface area contributed by atoms with Crippen LogP contribution in [0.15, 0.2) is 48.5 Å². The fourth-order valence-electron chi connectivity index (χ4n) is 3.87. The summed E-state index contributed by atoms with van der Waals surface area (Å²) in [5.41, 5.74) is -0.373. The second kappa shape index (κ2) is 15.1. The molecule has 3 radical (unpaired) electrons. The van der Waals surface area contributed by atoms with Crippen molar-refractivity contribution in [2.75, 3.05) is 5.49 Å². The molecule has 0 aromatic heterocycles. The van der Waals surface area contributed by atoms with E-state index in [0.29, 0.717) is 10.6 Å². The maximum absolute atomic E-state index is 13.9. The van der Waals surface area contributed by atoms with Gasteiger partial charge >= 0.3 is 47.9 Å². The van der Waals surface area contributed by atoms with Crippen molar-refractivity contribution in [2.45, 2.75) is 80.5 Å². The first-order valence-electron chi connectivity index (χ1n) is 12.9. The Labute approximate surface area is 273 Å². The largest absolute Gasteiger partial charge is 0.460 e. The molecule has 2 aromatic carbocycles. The van der Waals surface area contributed by atoms with Gasteiger partial charge in [-0.15, -0.1) is 0 Å². The summed E-state index contributed by atoms with van der Waals surface area (Å²) in [4.78, 5) is 11.6. The summed E-state index contributed by atoms with van der Waals surface area (Å²) in [6.45, 7) is 1.18. The van der Waals surface area contributed by atoms with Crippen LogP contribution in [0.2, 0.25) is 0 Å². The molecule has 275 valence electrons. The molecule has 0 aliphatic heterocycles. The van der Waals surface area contributed by atoms with E-state index in [1.807, 2.05) is 0 Å². The summed E-state index contributed by atoms with van der Waals surface area (Å²) >= 11 is 0.778. The third-order valence-electron chi connectivity index (χ3n) is 6.77. The van der Waals surface area contributed by atoms with E-state index in [1.165, 1.54) is 31.2 Å². The van der Waals surface area contributed by atoms with Gasteiger partial charge in [0.25, 0.3) is 0 Å². The van der Waals surface area contributed by atoms with Crippen LogP contribution in [0.3, 0.4) is 0 Å². The number of benzene rings is 2. The fourth-order valence-corrected chi connectivity index (χ4v) is 7.62. The predicted octanol–water partition coefficient (Wildman–Crippen LogP) is 9.78. The zero-order chi connectivity index (χ0) is 37.4. The lowest BCUT2D eigenvalue weighted by atomic mass is 9.97. The van der Waals surface area contributed by atoms with Crippen LogP contribution in [0, 0.1) is 0 Å². The predicted molar refractivity (Wildman–Crippen MR) is 146 cm³/mol. The van der Waals surface area contributed by atoms with Gasteiger partial charge < -0.3 is 0 Å². The Morgan fingerprint density at radius 1 is 0.531 bits per heavy atom. The van der Waals surface area contributed by atoms with E-state index < -0.39 is 86.6 Å². The number of carbonyl (C=O) groups excluding carboxylic acids is 1. The molecule has 0 aliphatic carbocycles. The van der Waals surface area contributed by atoms with Crippen LogP contribution in [-0.2, 0) is 17.6 Å². The Kier molecular flexibility index (Phi) is 13.8. The van der Waals surface area contributed by atoms with E-state index in [-0.39, 0.29) is 25.0 Å². The van der Waals surface area contributed by atoms with Crippen molar-refractivity contribution in [2.24, 2.45) is 0 Å². The van der Waals surface area contributed by atoms with Gasteiger partial charge in [-0.05, 0) is 42.5 Å². The number of thioether (sulfide) groups is 1. The number of alkyl halides is 18. The van der Waals surface area contributed by atoms with Gasteiger partial charge in [0.05, 0.1) is 0 Å². The van der Waals surface area contributed by atoms with E-state index in [0.717, 1.165) is 36.0 Å². The van der Waals surface area contributed by atoms with Crippen molar-refractivity contribution < 1.29 is 83.8 Å². The summed E-state index contributed by atoms with van der Waals surface area (Å²) in [5, 5.41) is 0.293. The van der Waals surface area contributed by atoms with E-state index in [1.54, 1.807) is 0 Å². The smallest absolute Gasteiger partial charge is 0.288 e. The summed E-state index contributed by atoms with van der Waals surface area (Å²) in [5.74, 6) is -39.2. The van der Waals surface area contributed by atoms with Gasteiger partial charge in [-0.1, -0.05) is 60.3 Å². The van der Waals surface area contributed by atoms with E-state index in [9.17, 15) is 83.8 Å². The molecule has 0 heterocycles. The van der Waals surface area contributed by atoms with Gasteiger partial charge in [-0.25, -0.2) is 0 Å². The van der Waals surface area contributed by atoms with Crippen LogP contribution in [0.25, 0.3) is 0 Å². The van der Waals surface area contributed by atoms with Crippen molar-refractivity contribution in [1.82, 2.24) is 0 Å². The van der Waals surface area contributed by atoms with Gasteiger partial charge in [0.1, 0.15) is 0 Å². The van der Waals surface area contributed by atoms with Crippen LogP contribution < -0.4 is 10.6 Å². The Bertz CT molecular complexity index is 1290. The maximum atomic E-state index is 13.9. The highest BCUT2D eigenvalue weighted by Gasteiger charge is 2.82. The number of hydrogen-bond acceptors (Lipinski definition) is 2. The van der Waals surface area contributed by atoms with Gasteiger partial charge in [-0.3, -0.25) is 4.79 Å². The number of halogens is 18. The molecule has 0 N–H and O–H groups in total. The first-order chi connectivity index (χ1) is 21.4. The molecule has 22 heteroatoms. The van der Waals surface area contributed by atoms with Crippen molar-refractivity contribution in [3.05, 3.63) is 59.7 Å². The molecule has 0 amide bonds. The Balaban J connectivity index is 0.0000120. The number of rotatable bonds is 14. The first kappa shape index (κ1) is 44.7. The van der Waals surface area contributed by atoms with Gasteiger partial charge in [0.2, 0.25) is 0 Å². The van der Waals surface area contributed by atoms with Crippen LogP contribution in [-0.4, -0.2) is 66.9 Å². The van der Waals surface area contributed by atoms with Gasteiger partial charge in [0, 0.05) is 33.7 Å². The SMILES string of the molecule is CC(=O)SCP(c1ccc(CCC(F)(F)C(F)(F)C(F)(F)C(F)(F)F)cc1)c1ccc(CCC(F)(F)C(F)(F)C(F)(F)C(F)(F)F)cc1.[B]. The van der Waals surface area contributed by atoms with Gasteiger partial charge in [0.15, 0.2) is 5.12 Å². The zero-order valence-corrected chi connectivity index (χ0v) is 26.0. The second-order valence-electron chi connectivity index (χ2n) is 10.2. The molecule has 0 fully saturated rings. The highest BCUT2D eigenvalue weighted by molar-refractivity contribution is 8.18. The van der Waals surface area contributed by atoms with Crippen LogP contribution in [0.5, 0.6) is 0 Å². The third-order valence-corrected chi connectivity index (χ3v) is 10.6. The van der Waals surface area contributed by atoms with Crippen molar-refractivity contribution in [3.8, 4) is 0 Å². The highest BCUT2D eigenvalue weighted by atomic mass is 32.2. The molecule has 0 spiro atoms. The molecule has 1 nitrogen and oxygen atoms in total. The van der Waals surface area contributed by atoms with Crippen molar-refractivity contribution in [3.63, 3.8) is 0 Å². The summed E-state index contributed by atoms with van der Waals surface area (Å²) in [6, 6.07) is 9.19. The average Bonchev–Trinajstić information content (AvgIpc) is 2.94. The van der Waals surface area contributed by atoms with Crippen LogP contribution in [0.4, 0.5) is 79.0 Å². The molecular weight excluding hydrogens is 756 g/mol. The topological polar surface area (TPSA) is 17.1 Å². The molecule has 2 aromatic rings. The van der Waals surface area contributed by atoms with Crippen LogP contribution in [0.1, 0.15) is 30.9 Å². The molecule has 2 rings (SSSR count). The minimum atomic E-state index is -7.04. The van der Waals surface area contributed by atoms with Crippen LogP contribution >= 0.6 is 19.7 Å². The van der Waals surface area contributed by atoms with Crippen molar-refractivity contribution in [1.29, 1.82) is 0 Å². The molecule has 0 saturated carbocycles. The van der Waals surface area contributed by atoms with Crippen molar-refractivity contribution >= 4 is 43.8 Å². The maximum Gasteiger partial charge on any atom is 0.460 e.